The van der Waals surface area contributed by atoms with Crippen LogP contribution in [0.15, 0.2) is 22.6 Å². The summed E-state index contributed by atoms with van der Waals surface area (Å²) in [4.78, 5) is 4.30. The second-order valence-electron chi connectivity index (χ2n) is 4.57. The van der Waals surface area contributed by atoms with Crippen molar-refractivity contribution >= 4 is 22.7 Å². The smallest absolute Gasteiger partial charge is 0.203 e. The molecule has 1 N–H and O–H groups in total. The number of hydrazone groups is 1. The number of aromatic nitrogens is 1. The molecule has 0 atom stereocenters. The van der Waals surface area contributed by atoms with Gasteiger partial charge in [-0.2, -0.15) is 5.10 Å². The molecule has 4 nitrogen and oxygen atoms in total. The lowest BCUT2D eigenvalue weighted by Gasteiger charge is -2.09. The second kappa shape index (κ2) is 6.52. The van der Waals surface area contributed by atoms with Crippen LogP contribution < -0.4 is 10.2 Å². The fourth-order valence-electron chi connectivity index (χ4n) is 1.95. The van der Waals surface area contributed by atoms with Crippen molar-refractivity contribution in [1.82, 2.24) is 4.98 Å². The number of ether oxygens (including phenoxy) is 1. The molecule has 2 rings (SSSR count). The van der Waals surface area contributed by atoms with Crippen molar-refractivity contribution in [2.45, 2.75) is 27.7 Å². The highest BCUT2D eigenvalue weighted by molar-refractivity contribution is 7.13. The molecule has 0 fully saturated rings. The fourth-order valence-corrected chi connectivity index (χ4v) is 2.58. The van der Waals surface area contributed by atoms with Crippen LogP contribution in [0.2, 0.25) is 0 Å². The van der Waals surface area contributed by atoms with Crippen LogP contribution in [0, 0.1) is 20.8 Å². The van der Waals surface area contributed by atoms with Gasteiger partial charge in [0.2, 0.25) is 5.13 Å². The molecule has 0 spiro atoms. The summed E-state index contributed by atoms with van der Waals surface area (Å²) in [6, 6.07) is 4.07. The highest BCUT2D eigenvalue weighted by atomic mass is 32.1. The van der Waals surface area contributed by atoms with Gasteiger partial charge in [0.05, 0.1) is 18.5 Å². The first kappa shape index (κ1) is 14.5. The van der Waals surface area contributed by atoms with Crippen molar-refractivity contribution in [1.29, 1.82) is 0 Å². The van der Waals surface area contributed by atoms with Crippen molar-refractivity contribution in [3.63, 3.8) is 0 Å². The van der Waals surface area contributed by atoms with E-state index in [0.29, 0.717) is 6.61 Å². The van der Waals surface area contributed by atoms with Gasteiger partial charge in [-0.15, -0.1) is 11.3 Å². The first-order valence-corrected chi connectivity index (χ1v) is 7.43. The Balaban J connectivity index is 2.12. The van der Waals surface area contributed by atoms with E-state index in [0.717, 1.165) is 33.3 Å². The molecule has 106 valence electrons. The topological polar surface area (TPSA) is 46.5 Å². The normalized spacial score (nSPS) is 11.0. The van der Waals surface area contributed by atoms with Gasteiger partial charge in [-0.05, 0) is 51.0 Å². The van der Waals surface area contributed by atoms with Gasteiger partial charge in [0.1, 0.15) is 5.75 Å². The molecule has 0 unspecified atom stereocenters. The number of hydrogen-bond donors (Lipinski definition) is 1. The van der Waals surface area contributed by atoms with Gasteiger partial charge < -0.3 is 4.74 Å². The number of aryl methyl sites for hydroxylation is 3. The SMILES string of the molecule is CCOc1cc(C)c(C=NNc2nc(C)cs2)c(C)c1. The van der Waals surface area contributed by atoms with Crippen LogP contribution in [-0.2, 0) is 0 Å². The summed E-state index contributed by atoms with van der Waals surface area (Å²) in [5.41, 5.74) is 7.36. The Bertz CT molecular complexity index is 596. The van der Waals surface area contributed by atoms with E-state index in [1.165, 1.54) is 0 Å². The van der Waals surface area contributed by atoms with Gasteiger partial charge in [0, 0.05) is 10.9 Å². The highest BCUT2D eigenvalue weighted by Crippen LogP contribution is 2.21. The minimum Gasteiger partial charge on any atom is -0.494 e. The van der Waals surface area contributed by atoms with E-state index in [1.54, 1.807) is 11.3 Å². The molecule has 1 aromatic carbocycles. The average molecular weight is 289 g/mol. The van der Waals surface area contributed by atoms with Crippen LogP contribution in [0.3, 0.4) is 0 Å². The first-order valence-electron chi connectivity index (χ1n) is 6.55. The lowest BCUT2D eigenvalue weighted by atomic mass is 10.0. The molecule has 0 amide bonds. The second-order valence-corrected chi connectivity index (χ2v) is 5.43. The van der Waals surface area contributed by atoms with Crippen molar-refractivity contribution in [3.8, 4) is 5.75 Å². The van der Waals surface area contributed by atoms with Crippen LogP contribution in [0.4, 0.5) is 5.13 Å². The zero-order chi connectivity index (χ0) is 14.5. The summed E-state index contributed by atoms with van der Waals surface area (Å²) in [5, 5.41) is 7.05. The van der Waals surface area contributed by atoms with E-state index in [1.807, 2.05) is 37.6 Å². The van der Waals surface area contributed by atoms with Gasteiger partial charge in [-0.3, -0.25) is 5.43 Å². The molecular formula is C15H19N3OS. The zero-order valence-electron chi connectivity index (χ0n) is 12.2. The summed E-state index contributed by atoms with van der Waals surface area (Å²) >= 11 is 1.55. The monoisotopic (exact) mass is 289 g/mol. The molecule has 1 aromatic heterocycles. The van der Waals surface area contributed by atoms with Crippen molar-refractivity contribution in [2.75, 3.05) is 12.0 Å². The Labute approximate surface area is 123 Å². The Kier molecular flexibility index (Phi) is 4.74. The Morgan fingerprint density at radius 1 is 1.30 bits per heavy atom. The molecule has 0 aliphatic heterocycles. The molecule has 0 saturated carbocycles. The maximum Gasteiger partial charge on any atom is 0.203 e. The number of benzene rings is 1. The van der Waals surface area contributed by atoms with E-state index >= 15 is 0 Å². The quantitative estimate of drug-likeness (QED) is 0.670. The number of nitrogens with one attached hydrogen (secondary N) is 1. The zero-order valence-corrected chi connectivity index (χ0v) is 13.0. The predicted molar refractivity (Wildman–Crippen MR) is 85.2 cm³/mol. The molecule has 5 heteroatoms. The highest BCUT2D eigenvalue weighted by Gasteiger charge is 2.04. The first-order chi connectivity index (χ1) is 9.60. The van der Waals surface area contributed by atoms with Crippen molar-refractivity contribution in [3.05, 3.63) is 39.9 Å². The lowest BCUT2D eigenvalue weighted by Crippen LogP contribution is -1.98. The largest absolute Gasteiger partial charge is 0.494 e. The number of anilines is 1. The van der Waals surface area contributed by atoms with Gasteiger partial charge >= 0.3 is 0 Å². The van der Waals surface area contributed by atoms with E-state index in [2.05, 4.69) is 29.4 Å². The number of thiazole rings is 1. The number of nitrogens with zero attached hydrogens (tertiary/aromatic N) is 2. The molecule has 0 aliphatic carbocycles. The van der Waals surface area contributed by atoms with E-state index < -0.39 is 0 Å². The maximum absolute atomic E-state index is 5.53. The molecule has 0 aliphatic rings. The third-order valence-electron chi connectivity index (χ3n) is 2.85. The lowest BCUT2D eigenvalue weighted by molar-refractivity contribution is 0.340. The van der Waals surface area contributed by atoms with E-state index in [-0.39, 0.29) is 0 Å². The summed E-state index contributed by atoms with van der Waals surface area (Å²) in [5.74, 6) is 0.906. The van der Waals surface area contributed by atoms with Crippen molar-refractivity contribution in [2.24, 2.45) is 5.10 Å². The van der Waals surface area contributed by atoms with Crippen LogP contribution in [0.25, 0.3) is 0 Å². The van der Waals surface area contributed by atoms with Crippen LogP contribution >= 0.6 is 11.3 Å². The van der Waals surface area contributed by atoms with Crippen LogP contribution in [0.5, 0.6) is 5.75 Å². The molecule has 0 saturated heterocycles. The predicted octanol–water partition coefficient (Wildman–Crippen LogP) is 3.91. The molecule has 20 heavy (non-hydrogen) atoms. The third-order valence-corrected chi connectivity index (χ3v) is 3.72. The molecular weight excluding hydrogens is 270 g/mol. The molecule has 0 radical (unpaired) electrons. The van der Waals surface area contributed by atoms with Crippen molar-refractivity contribution < 1.29 is 4.74 Å². The Hall–Kier alpha value is -1.88. The third kappa shape index (κ3) is 3.57. The summed E-state index contributed by atoms with van der Waals surface area (Å²) in [7, 11) is 0. The molecule has 1 heterocycles. The number of hydrogen-bond acceptors (Lipinski definition) is 5. The minimum atomic E-state index is 0.678. The summed E-state index contributed by atoms with van der Waals surface area (Å²) < 4.78 is 5.53. The van der Waals surface area contributed by atoms with Crippen LogP contribution in [-0.4, -0.2) is 17.8 Å². The maximum atomic E-state index is 5.53. The summed E-state index contributed by atoms with van der Waals surface area (Å²) in [6.45, 7) is 8.75. The van der Waals surface area contributed by atoms with E-state index in [4.69, 9.17) is 4.74 Å². The molecule has 0 bridgehead atoms. The average Bonchev–Trinajstić information content (AvgIpc) is 2.79. The van der Waals surface area contributed by atoms with Gasteiger partial charge in [-0.1, -0.05) is 0 Å². The minimum absolute atomic E-state index is 0.678. The Morgan fingerprint density at radius 3 is 2.55 bits per heavy atom. The van der Waals surface area contributed by atoms with Gasteiger partial charge in [0.15, 0.2) is 0 Å². The van der Waals surface area contributed by atoms with Crippen LogP contribution in [0.1, 0.15) is 29.3 Å². The van der Waals surface area contributed by atoms with Gasteiger partial charge in [0.25, 0.3) is 0 Å². The fraction of sp³-hybridized carbons (Fsp3) is 0.333. The van der Waals surface area contributed by atoms with Gasteiger partial charge in [-0.25, -0.2) is 4.98 Å². The number of rotatable bonds is 5. The molecule has 2 aromatic rings. The summed E-state index contributed by atoms with van der Waals surface area (Å²) in [6.07, 6.45) is 1.83. The standard InChI is InChI=1S/C15H19N3OS/c1-5-19-13-6-10(2)14(11(3)7-13)8-16-18-15-17-12(4)9-20-15/h6-9H,5H2,1-4H3,(H,17,18). The Morgan fingerprint density at radius 2 is 2.00 bits per heavy atom. The van der Waals surface area contributed by atoms with E-state index in [9.17, 15) is 0 Å².